The molecule has 0 saturated heterocycles. The van der Waals surface area contributed by atoms with E-state index in [-0.39, 0.29) is 0 Å². The third-order valence-electron chi connectivity index (χ3n) is 5.39. The predicted octanol–water partition coefficient (Wildman–Crippen LogP) is 4.18. The zero-order valence-electron chi connectivity index (χ0n) is 19.2. The van der Waals surface area contributed by atoms with Crippen LogP contribution in [-0.2, 0) is 11.3 Å². The summed E-state index contributed by atoms with van der Waals surface area (Å²) < 4.78 is 41.1. The lowest BCUT2D eigenvalue weighted by Gasteiger charge is -2.31. The lowest BCUT2D eigenvalue weighted by atomic mass is 9.90. The molecule has 1 unspecified atom stereocenters. The van der Waals surface area contributed by atoms with Crippen molar-refractivity contribution in [3.63, 3.8) is 0 Å². The first-order valence-electron chi connectivity index (χ1n) is 11.0. The van der Waals surface area contributed by atoms with Gasteiger partial charge in [0.15, 0.2) is 0 Å². The largest absolute Gasteiger partial charge is 0.396 e. The van der Waals surface area contributed by atoms with Gasteiger partial charge in [-0.1, -0.05) is 50.1 Å². The number of pyridine rings is 1. The molecule has 182 valence electrons. The molecule has 0 aliphatic heterocycles. The fourth-order valence-electron chi connectivity index (χ4n) is 3.51. The molecule has 1 aromatic carbocycles. The minimum atomic E-state index is -4.69. The Bertz CT molecular complexity index is 953. The molecular formula is C24H32F3N3O3. The fraction of sp³-hybridized carbons (Fsp3) is 0.500. The topological polar surface area (TPSA) is 83.4 Å². The van der Waals surface area contributed by atoms with Gasteiger partial charge in [0.05, 0.1) is 11.3 Å². The summed E-state index contributed by atoms with van der Waals surface area (Å²) in [6.07, 6.45) is -1.78. The highest BCUT2D eigenvalue weighted by Crippen LogP contribution is 2.33. The number of carbonyl (C=O) groups is 1. The van der Waals surface area contributed by atoms with Gasteiger partial charge in [-0.3, -0.25) is 14.2 Å². The first-order valence-corrected chi connectivity index (χ1v) is 11.0. The summed E-state index contributed by atoms with van der Waals surface area (Å²) in [6, 6.07) is 12.3. The smallest absolute Gasteiger partial charge is 0.390 e. The van der Waals surface area contributed by atoms with Crippen molar-refractivity contribution in [2.45, 2.75) is 58.4 Å². The summed E-state index contributed by atoms with van der Waals surface area (Å²) in [6.45, 7) is 3.51. The molecule has 1 aromatic heterocycles. The highest BCUT2D eigenvalue weighted by atomic mass is 19.4. The monoisotopic (exact) mass is 467 g/mol. The summed E-state index contributed by atoms with van der Waals surface area (Å²) in [5, 5.41) is 15.2. The van der Waals surface area contributed by atoms with Crippen LogP contribution in [0.3, 0.4) is 0 Å². The number of aromatic nitrogens is 1. The number of hydrogen-bond acceptors (Lipinski definition) is 4. The Morgan fingerprint density at radius 2 is 1.76 bits per heavy atom. The lowest BCUT2D eigenvalue weighted by Crippen LogP contribution is -2.49. The number of halogens is 3. The van der Waals surface area contributed by atoms with Crippen molar-refractivity contribution in [1.82, 2.24) is 9.88 Å². The number of alkyl halides is 3. The summed E-state index contributed by atoms with van der Waals surface area (Å²) in [7, 11) is 0. The van der Waals surface area contributed by atoms with Gasteiger partial charge in [-0.15, -0.1) is 0 Å². The maximum absolute atomic E-state index is 13.3. The van der Waals surface area contributed by atoms with Gasteiger partial charge < -0.3 is 15.7 Å². The second kappa shape index (κ2) is 11.4. The first kappa shape index (κ1) is 26.4. The Morgan fingerprint density at radius 3 is 2.33 bits per heavy atom. The van der Waals surface area contributed by atoms with Crippen LogP contribution in [0.5, 0.6) is 0 Å². The number of nitrogens with zero attached hydrogens (tertiary/aromatic N) is 1. The fourth-order valence-corrected chi connectivity index (χ4v) is 3.51. The summed E-state index contributed by atoms with van der Waals surface area (Å²) >= 11 is 0. The molecule has 1 atom stereocenters. The van der Waals surface area contributed by atoms with Gasteiger partial charge in [0.2, 0.25) is 5.91 Å². The van der Waals surface area contributed by atoms with E-state index in [0.717, 1.165) is 33.1 Å². The van der Waals surface area contributed by atoms with Crippen LogP contribution < -0.4 is 16.2 Å². The molecule has 0 radical (unpaired) electrons. The second-order valence-corrected chi connectivity index (χ2v) is 8.58. The highest BCUT2D eigenvalue weighted by molar-refractivity contribution is 5.77. The summed E-state index contributed by atoms with van der Waals surface area (Å²) in [5.74, 6) is -2.90. The van der Waals surface area contributed by atoms with Crippen molar-refractivity contribution in [3.8, 4) is 11.3 Å². The predicted molar refractivity (Wildman–Crippen MR) is 123 cm³/mol. The van der Waals surface area contributed by atoms with Gasteiger partial charge in [0.25, 0.3) is 5.56 Å². The van der Waals surface area contributed by atoms with Crippen molar-refractivity contribution in [1.29, 1.82) is 0 Å². The van der Waals surface area contributed by atoms with Gasteiger partial charge in [0.1, 0.15) is 18.2 Å². The van der Waals surface area contributed by atoms with Crippen LogP contribution in [0, 0.1) is 5.92 Å². The summed E-state index contributed by atoms with van der Waals surface area (Å²) in [5.41, 5.74) is -1.00. The Hall–Kier alpha value is -2.81. The Labute approximate surface area is 191 Å². The van der Waals surface area contributed by atoms with Gasteiger partial charge in [-0.25, -0.2) is 0 Å². The standard InChI is InChI=1S/C24H32F3N3O3/c1-4-5-9-14-28-18-12-13-19(17-10-7-6-8-11-17)30(22(18)32)16-21(31)29-15-20(23(2,3)33)24(25,26)27/h6-8,10-13,20,28,33H,4-5,9,14-16H2,1-3H3,(H,29,31). The average Bonchev–Trinajstić information content (AvgIpc) is 2.72. The number of amides is 1. The van der Waals surface area contributed by atoms with E-state index in [1.165, 1.54) is 4.57 Å². The number of hydrogen-bond donors (Lipinski definition) is 3. The molecule has 2 aromatic rings. The Balaban J connectivity index is 2.28. The maximum Gasteiger partial charge on any atom is 0.396 e. The van der Waals surface area contributed by atoms with E-state index >= 15 is 0 Å². The molecule has 2 rings (SSSR count). The molecule has 0 spiro atoms. The number of rotatable bonds is 11. The van der Waals surface area contributed by atoms with E-state index in [2.05, 4.69) is 17.6 Å². The normalized spacial score (nSPS) is 12.9. The van der Waals surface area contributed by atoms with Crippen LogP contribution in [-0.4, -0.2) is 40.4 Å². The number of benzene rings is 1. The second-order valence-electron chi connectivity index (χ2n) is 8.58. The van der Waals surface area contributed by atoms with Crippen LogP contribution in [0.2, 0.25) is 0 Å². The Morgan fingerprint density at radius 1 is 1.09 bits per heavy atom. The molecule has 0 aliphatic carbocycles. The van der Waals surface area contributed by atoms with Gasteiger partial charge in [-0.05, 0) is 38.0 Å². The lowest BCUT2D eigenvalue weighted by molar-refractivity contribution is -0.217. The quantitative estimate of drug-likeness (QED) is 0.433. The number of anilines is 1. The van der Waals surface area contributed by atoms with Crippen LogP contribution >= 0.6 is 0 Å². The van der Waals surface area contributed by atoms with Crippen molar-refractivity contribution < 1.29 is 23.1 Å². The zero-order chi connectivity index (χ0) is 24.6. The van der Waals surface area contributed by atoms with E-state index in [0.29, 0.717) is 23.5 Å². The van der Waals surface area contributed by atoms with Crippen molar-refractivity contribution in [2.75, 3.05) is 18.4 Å². The number of unbranched alkanes of at least 4 members (excludes halogenated alkanes) is 2. The average molecular weight is 468 g/mol. The molecule has 0 saturated carbocycles. The molecule has 9 heteroatoms. The molecule has 33 heavy (non-hydrogen) atoms. The van der Waals surface area contributed by atoms with Crippen molar-refractivity contribution in [3.05, 3.63) is 52.8 Å². The minimum Gasteiger partial charge on any atom is -0.390 e. The Kier molecular flexibility index (Phi) is 9.10. The van der Waals surface area contributed by atoms with Crippen molar-refractivity contribution in [2.24, 2.45) is 5.92 Å². The first-order chi connectivity index (χ1) is 15.4. The van der Waals surface area contributed by atoms with Gasteiger partial charge in [0, 0.05) is 13.1 Å². The SMILES string of the molecule is CCCCCNc1ccc(-c2ccccc2)n(CC(=O)NCC(C(C)(C)O)C(F)(F)F)c1=O. The van der Waals surface area contributed by atoms with Crippen LogP contribution in [0.15, 0.2) is 47.3 Å². The molecule has 1 amide bonds. The molecular weight excluding hydrogens is 435 g/mol. The third kappa shape index (κ3) is 7.63. The van der Waals surface area contributed by atoms with E-state index in [1.54, 1.807) is 36.4 Å². The molecule has 0 bridgehead atoms. The van der Waals surface area contributed by atoms with E-state index < -0.39 is 42.3 Å². The molecule has 0 fully saturated rings. The molecule has 3 N–H and O–H groups in total. The van der Waals surface area contributed by atoms with Crippen LogP contribution in [0.4, 0.5) is 18.9 Å². The maximum atomic E-state index is 13.3. The number of nitrogens with one attached hydrogen (secondary N) is 2. The summed E-state index contributed by atoms with van der Waals surface area (Å²) in [4.78, 5) is 25.7. The number of carbonyl (C=O) groups excluding carboxylic acids is 1. The van der Waals surface area contributed by atoms with Crippen molar-refractivity contribution >= 4 is 11.6 Å². The molecule has 0 aliphatic rings. The van der Waals surface area contributed by atoms with E-state index in [1.807, 2.05) is 6.07 Å². The zero-order valence-corrected chi connectivity index (χ0v) is 19.2. The van der Waals surface area contributed by atoms with Gasteiger partial charge >= 0.3 is 6.18 Å². The minimum absolute atomic E-state index is 0.322. The highest BCUT2D eigenvalue weighted by Gasteiger charge is 2.48. The number of aliphatic hydroxyl groups is 1. The molecule has 1 heterocycles. The van der Waals surface area contributed by atoms with Crippen LogP contribution in [0.25, 0.3) is 11.3 Å². The van der Waals surface area contributed by atoms with E-state index in [4.69, 9.17) is 0 Å². The molecule has 6 nitrogen and oxygen atoms in total. The van der Waals surface area contributed by atoms with Gasteiger partial charge in [-0.2, -0.15) is 13.2 Å². The third-order valence-corrected chi connectivity index (χ3v) is 5.39. The van der Waals surface area contributed by atoms with Crippen LogP contribution in [0.1, 0.15) is 40.0 Å². The van der Waals surface area contributed by atoms with E-state index in [9.17, 15) is 27.9 Å².